The van der Waals surface area contributed by atoms with E-state index in [2.05, 4.69) is 76.2 Å². The quantitative estimate of drug-likeness (QED) is 0.368. The summed E-state index contributed by atoms with van der Waals surface area (Å²) in [4.78, 5) is 4.68. The van der Waals surface area contributed by atoms with E-state index in [-0.39, 0.29) is 18.1 Å². The predicted octanol–water partition coefficient (Wildman–Crippen LogP) is 5.94. The zero-order valence-electron chi connectivity index (χ0n) is 23.6. The molecular formula is C29H40BClN2O4. The van der Waals surface area contributed by atoms with Gasteiger partial charge >= 0.3 is 7.12 Å². The number of hydrogen-bond donors (Lipinski definition) is 1. The molecule has 0 spiro atoms. The molecule has 1 saturated heterocycles. The van der Waals surface area contributed by atoms with Crippen LogP contribution in [-0.4, -0.2) is 46.7 Å². The first-order valence-electron chi connectivity index (χ1n) is 13.1. The van der Waals surface area contributed by atoms with Gasteiger partial charge in [0.1, 0.15) is 0 Å². The van der Waals surface area contributed by atoms with Gasteiger partial charge in [-0.1, -0.05) is 37.6 Å². The van der Waals surface area contributed by atoms with Crippen molar-refractivity contribution in [1.29, 1.82) is 0 Å². The molecule has 3 aromatic rings. The largest absolute Gasteiger partial charge is 0.494 e. The molecule has 8 heteroatoms. The van der Waals surface area contributed by atoms with Crippen molar-refractivity contribution in [1.82, 2.24) is 9.55 Å². The van der Waals surface area contributed by atoms with E-state index < -0.39 is 18.3 Å². The Morgan fingerprint density at radius 1 is 1.16 bits per heavy atom. The monoisotopic (exact) mass is 526 g/mol. The molecule has 2 aromatic heterocycles. The maximum atomic E-state index is 10.2. The number of rotatable bonds is 8. The van der Waals surface area contributed by atoms with Crippen LogP contribution in [0.3, 0.4) is 0 Å². The normalized spacial score (nSPS) is 18.1. The number of nitrogens with zero attached hydrogens (tertiary/aromatic N) is 2. The van der Waals surface area contributed by atoms with Gasteiger partial charge in [-0.3, -0.25) is 4.98 Å². The lowest BCUT2D eigenvalue weighted by Gasteiger charge is -2.32. The molecule has 0 aliphatic carbocycles. The molecule has 4 rings (SSSR count). The molecule has 0 amide bonds. The first-order chi connectivity index (χ1) is 17.2. The summed E-state index contributed by atoms with van der Waals surface area (Å²) in [5.74, 6) is 0. The van der Waals surface area contributed by atoms with Gasteiger partial charge in [-0.05, 0) is 76.5 Å². The van der Waals surface area contributed by atoms with Gasteiger partial charge in [0.05, 0.1) is 33.7 Å². The number of aliphatic hydroxyl groups excluding tert-OH is 1. The highest BCUT2D eigenvalue weighted by Crippen LogP contribution is 2.42. The first-order valence-corrected chi connectivity index (χ1v) is 13.4. The van der Waals surface area contributed by atoms with Gasteiger partial charge in [-0.2, -0.15) is 0 Å². The molecule has 1 aliphatic rings. The third-order valence-corrected chi connectivity index (χ3v) is 8.20. The maximum absolute atomic E-state index is 10.2. The van der Waals surface area contributed by atoms with Crippen molar-refractivity contribution in [3.8, 4) is 11.3 Å². The number of methoxy groups -OCH3 is 1. The van der Waals surface area contributed by atoms with Crippen LogP contribution in [0.4, 0.5) is 0 Å². The lowest BCUT2D eigenvalue weighted by Crippen LogP contribution is -2.41. The Hall–Kier alpha value is -1.90. The van der Waals surface area contributed by atoms with Crippen molar-refractivity contribution in [3.63, 3.8) is 0 Å². The average molecular weight is 527 g/mol. The maximum Gasteiger partial charge on any atom is 0.494 e. The van der Waals surface area contributed by atoms with Crippen LogP contribution in [0.5, 0.6) is 0 Å². The summed E-state index contributed by atoms with van der Waals surface area (Å²) in [5.41, 5.74) is 4.88. The number of aryl methyl sites for hydroxylation is 1. The van der Waals surface area contributed by atoms with Crippen molar-refractivity contribution >= 4 is 35.1 Å². The Labute approximate surface area is 226 Å². The molecule has 0 saturated carbocycles. The third-order valence-electron chi connectivity index (χ3n) is 8.00. The lowest BCUT2D eigenvalue weighted by molar-refractivity contribution is 0.00578. The van der Waals surface area contributed by atoms with Crippen molar-refractivity contribution in [2.75, 3.05) is 13.7 Å². The SMILES string of the molecule is CCn1c(-c2cc(Cl)cnc2[C@H](C)OC)c(CC(C)(C)CO)c2cc(B3OC(C)(C)C(C)(C)O3)ccc21. The van der Waals surface area contributed by atoms with Crippen LogP contribution >= 0.6 is 11.6 Å². The van der Waals surface area contributed by atoms with E-state index in [1.165, 1.54) is 0 Å². The molecule has 37 heavy (non-hydrogen) atoms. The van der Waals surface area contributed by atoms with E-state index in [1.54, 1.807) is 13.3 Å². The van der Waals surface area contributed by atoms with Crippen LogP contribution in [0, 0.1) is 5.41 Å². The molecule has 1 N–H and O–H groups in total. The van der Waals surface area contributed by atoms with Crippen LogP contribution in [-0.2, 0) is 27.0 Å². The summed E-state index contributed by atoms with van der Waals surface area (Å²) in [6.07, 6.45) is 2.12. The number of ether oxygens (including phenoxy) is 1. The molecule has 1 aromatic carbocycles. The Morgan fingerprint density at radius 2 is 1.81 bits per heavy atom. The number of aromatic nitrogens is 2. The summed E-state index contributed by atoms with van der Waals surface area (Å²) < 4.78 is 20.8. The van der Waals surface area contributed by atoms with Gasteiger partial charge in [0.15, 0.2) is 0 Å². The summed E-state index contributed by atoms with van der Waals surface area (Å²) >= 11 is 6.50. The second-order valence-electron chi connectivity index (χ2n) is 11.9. The van der Waals surface area contributed by atoms with Crippen molar-refractivity contribution < 1.29 is 19.2 Å². The molecule has 3 heterocycles. The number of hydrogen-bond acceptors (Lipinski definition) is 5. The van der Waals surface area contributed by atoms with Crippen molar-refractivity contribution in [2.24, 2.45) is 5.41 Å². The number of benzene rings is 1. The molecule has 200 valence electrons. The molecule has 0 bridgehead atoms. The zero-order chi connectivity index (χ0) is 27.3. The Bertz CT molecular complexity index is 1280. The van der Waals surface area contributed by atoms with E-state index in [9.17, 15) is 5.11 Å². The van der Waals surface area contributed by atoms with E-state index in [4.69, 9.17) is 25.6 Å². The Morgan fingerprint density at radius 3 is 2.38 bits per heavy atom. The van der Waals surface area contributed by atoms with Crippen LogP contribution in [0.25, 0.3) is 22.2 Å². The fourth-order valence-electron chi connectivity index (χ4n) is 4.99. The second kappa shape index (κ2) is 10.0. The number of fused-ring (bicyclic) bond motifs is 1. The standard InChI is InChI=1S/C29H40BClN2O4/c1-10-33-24-12-11-19(30-36-28(5,6)29(7,8)37-30)13-21(24)23(15-27(3,4)17-34)26(33)22-14-20(31)16-32-25(22)18(2)35-9/h11-14,16,18,34H,10,15,17H2,1-9H3/t18-/m0/s1. The average Bonchev–Trinajstić information content (AvgIpc) is 3.26. The molecule has 1 atom stereocenters. The van der Waals surface area contributed by atoms with E-state index >= 15 is 0 Å². The highest BCUT2D eigenvalue weighted by atomic mass is 35.5. The highest BCUT2D eigenvalue weighted by Gasteiger charge is 2.51. The zero-order valence-corrected chi connectivity index (χ0v) is 24.4. The van der Waals surface area contributed by atoms with Crippen LogP contribution < -0.4 is 5.46 Å². The van der Waals surface area contributed by atoms with Gasteiger partial charge in [0.2, 0.25) is 0 Å². The molecule has 1 fully saturated rings. The molecule has 0 unspecified atom stereocenters. The molecule has 6 nitrogen and oxygen atoms in total. The molecule has 0 radical (unpaired) electrons. The lowest BCUT2D eigenvalue weighted by atomic mass is 9.77. The minimum absolute atomic E-state index is 0.0667. The van der Waals surface area contributed by atoms with E-state index in [0.29, 0.717) is 11.4 Å². The summed E-state index contributed by atoms with van der Waals surface area (Å²) in [5, 5.41) is 11.9. The Balaban J connectivity index is 2.00. The van der Waals surface area contributed by atoms with Gasteiger partial charge in [-0.15, -0.1) is 0 Å². The Kier molecular flexibility index (Phi) is 7.61. The van der Waals surface area contributed by atoms with Crippen LogP contribution in [0.1, 0.15) is 72.8 Å². The van der Waals surface area contributed by atoms with Crippen molar-refractivity contribution in [2.45, 2.75) is 85.7 Å². The second-order valence-corrected chi connectivity index (χ2v) is 12.3. The smallest absolute Gasteiger partial charge is 0.399 e. The van der Waals surface area contributed by atoms with Gasteiger partial charge < -0.3 is 23.7 Å². The first kappa shape index (κ1) is 28.1. The van der Waals surface area contributed by atoms with Gasteiger partial charge in [-0.25, -0.2) is 0 Å². The fourth-order valence-corrected chi connectivity index (χ4v) is 5.15. The summed E-state index contributed by atoms with van der Waals surface area (Å²) in [6.45, 7) is 17.4. The summed E-state index contributed by atoms with van der Waals surface area (Å²) in [7, 11) is 1.23. The topological polar surface area (TPSA) is 65.7 Å². The minimum Gasteiger partial charge on any atom is -0.399 e. The van der Waals surface area contributed by atoms with E-state index in [0.717, 1.165) is 45.4 Å². The molecule has 1 aliphatic heterocycles. The number of aliphatic hydroxyl groups is 1. The number of pyridine rings is 1. The van der Waals surface area contributed by atoms with Crippen LogP contribution in [0.2, 0.25) is 5.02 Å². The molecular weight excluding hydrogens is 487 g/mol. The highest BCUT2D eigenvalue weighted by molar-refractivity contribution is 6.62. The fraction of sp³-hybridized carbons (Fsp3) is 0.552. The van der Waals surface area contributed by atoms with Gasteiger partial charge in [0, 0.05) is 42.9 Å². The van der Waals surface area contributed by atoms with Crippen LogP contribution in [0.15, 0.2) is 30.5 Å². The van der Waals surface area contributed by atoms with Gasteiger partial charge in [0.25, 0.3) is 0 Å². The minimum atomic E-state index is -0.460. The van der Waals surface area contributed by atoms with Crippen molar-refractivity contribution in [3.05, 3.63) is 46.7 Å². The number of halogens is 1. The van der Waals surface area contributed by atoms with E-state index in [1.807, 2.05) is 13.0 Å². The predicted molar refractivity (Wildman–Crippen MR) is 152 cm³/mol. The third kappa shape index (κ3) is 5.09. The summed E-state index contributed by atoms with van der Waals surface area (Å²) in [6, 6.07) is 8.41.